The summed E-state index contributed by atoms with van der Waals surface area (Å²) in [5.74, 6) is 0.286. The van der Waals surface area contributed by atoms with Crippen LogP contribution in [0.25, 0.3) is 0 Å². The maximum atomic E-state index is 11.8. The van der Waals surface area contributed by atoms with Crippen LogP contribution in [0.3, 0.4) is 0 Å². The normalized spacial score (nSPS) is 23.1. The number of amides is 2. The second-order valence-electron chi connectivity index (χ2n) is 4.97. The number of carbonyl (C=O) groups is 2. The molecule has 1 heterocycles. The van der Waals surface area contributed by atoms with Crippen molar-refractivity contribution < 1.29 is 14.7 Å². The molecule has 18 heavy (non-hydrogen) atoms. The van der Waals surface area contributed by atoms with Crippen molar-refractivity contribution in [1.82, 2.24) is 10.2 Å². The topological polar surface area (TPSA) is 69.6 Å². The molecule has 1 unspecified atom stereocenters. The van der Waals surface area contributed by atoms with Crippen molar-refractivity contribution in [2.24, 2.45) is 5.41 Å². The molecule has 1 atom stereocenters. The fourth-order valence-corrected chi connectivity index (χ4v) is 2.48. The van der Waals surface area contributed by atoms with Crippen LogP contribution in [0.5, 0.6) is 0 Å². The van der Waals surface area contributed by atoms with E-state index in [9.17, 15) is 9.59 Å². The summed E-state index contributed by atoms with van der Waals surface area (Å²) in [6, 6.07) is -0.135. The number of nitrogens with zero attached hydrogens (tertiary/aromatic N) is 1. The van der Waals surface area contributed by atoms with Crippen molar-refractivity contribution in [2.45, 2.75) is 26.2 Å². The van der Waals surface area contributed by atoms with Crippen LogP contribution in [0.4, 0.5) is 4.79 Å². The van der Waals surface area contributed by atoms with Crippen LogP contribution in [0.1, 0.15) is 26.2 Å². The van der Waals surface area contributed by atoms with Gasteiger partial charge in [-0.05, 0) is 38.2 Å². The average Bonchev–Trinajstić information content (AvgIpc) is 2.73. The molecule has 0 spiro atoms. The molecule has 2 N–H and O–H groups in total. The lowest BCUT2D eigenvalue weighted by molar-refractivity contribution is -0.146. The molecule has 5 nitrogen and oxygen atoms in total. The Morgan fingerprint density at radius 1 is 1.44 bits per heavy atom. The molecule has 104 valence electrons. The lowest BCUT2D eigenvalue weighted by atomic mass is 9.90. The first-order valence-corrected chi connectivity index (χ1v) is 7.64. The highest BCUT2D eigenvalue weighted by Crippen LogP contribution is 2.29. The number of aliphatic carboxylic acids is 1. The fourth-order valence-electron chi connectivity index (χ4n) is 1.99. The van der Waals surface area contributed by atoms with E-state index in [1.165, 1.54) is 0 Å². The minimum atomic E-state index is -0.822. The monoisotopic (exact) mass is 274 g/mol. The molecule has 6 heteroatoms. The third-order valence-electron chi connectivity index (χ3n) is 3.33. The number of hydrogen-bond acceptors (Lipinski definition) is 3. The van der Waals surface area contributed by atoms with Gasteiger partial charge in [-0.2, -0.15) is 11.8 Å². The van der Waals surface area contributed by atoms with Gasteiger partial charge in [-0.1, -0.05) is 0 Å². The third kappa shape index (κ3) is 4.08. The number of carbonyl (C=O) groups excluding carboxylic acids is 1. The highest BCUT2D eigenvalue weighted by Gasteiger charge is 2.41. The number of carboxylic acid groups (broad SMARTS) is 1. The molecule has 0 saturated carbocycles. The fraction of sp³-hybridized carbons (Fsp3) is 0.833. The summed E-state index contributed by atoms with van der Waals surface area (Å²) >= 11 is 1.80. The molecule has 0 aliphatic carbocycles. The van der Waals surface area contributed by atoms with Gasteiger partial charge in [-0.15, -0.1) is 0 Å². The van der Waals surface area contributed by atoms with Crippen LogP contribution >= 0.6 is 11.8 Å². The highest BCUT2D eigenvalue weighted by molar-refractivity contribution is 7.98. The Morgan fingerprint density at radius 3 is 2.72 bits per heavy atom. The minimum Gasteiger partial charge on any atom is -0.481 e. The number of unbranched alkanes of at least 4 members (excludes halogenated alkanes) is 1. The molecule has 1 rings (SSSR count). The molecule has 0 bridgehead atoms. The summed E-state index contributed by atoms with van der Waals surface area (Å²) in [6.45, 7) is 3.19. The number of rotatable bonds is 6. The number of urea groups is 1. The second-order valence-corrected chi connectivity index (χ2v) is 5.95. The molecule has 0 aromatic rings. The Labute approximate surface area is 112 Å². The van der Waals surface area contributed by atoms with Gasteiger partial charge < -0.3 is 15.3 Å². The van der Waals surface area contributed by atoms with Crippen molar-refractivity contribution in [3.8, 4) is 0 Å². The Balaban J connectivity index is 2.26. The predicted octanol–water partition coefficient (Wildman–Crippen LogP) is 1.64. The molecule has 0 aromatic heterocycles. The van der Waals surface area contributed by atoms with Crippen molar-refractivity contribution in [2.75, 3.05) is 31.6 Å². The zero-order chi connectivity index (χ0) is 13.6. The molecule has 1 aliphatic heterocycles. The van der Waals surface area contributed by atoms with Gasteiger partial charge in [0.05, 0.1) is 5.41 Å². The van der Waals surface area contributed by atoms with Crippen molar-refractivity contribution >= 4 is 23.8 Å². The maximum Gasteiger partial charge on any atom is 0.317 e. The summed E-state index contributed by atoms with van der Waals surface area (Å²) in [5, 5.41) is 11.9. The Morgan fingerprint density at radius 2 is 2.17 bits per heavy atom. The third-order valence-corrected chi connectivity index (χ3v) is 4.03. The average molecular weight is 274 g/mol. The van der Waals surface area contributed by atoms with Crippen LogP contribution in [0, 0.1) is 5.41 Å². The van der Waals surface area contributed by atoms with E-state index in [0.29, 0.717) is 26.1 Å². The van der Waals surface area contributed by atoms with Crippen molar-refractivity contribution in [3.05, 3.63) is 0 Å². The van der Waals surface area contributed by atoms with Crippen LogP contribution in [-0.2, 0) is 4.79 Å². The smallest absolute Gasteiger partial charge is 0.317 e. The van der Waals surface area contributed by atoms with Gasteiger partial charge >= 0.3 is 12.0 Å². The van der Waals surface area contributed by atoms with E-state index in [1.54, 1.807) is 23.6 Å². The number of hydrogen-bond donors (Lipinski definition) is 2. The van der Waals surface area contributed by atoms with Crippen molar-refractivity contribution in [1.29, 1.82) is 0 Å². The van der Waals surface area contributed by atoms with Gasteiger partial charge in [-0.3, -0.25) is 4.79 Å². The van der Waals surface area contributed by atoms with E-state index in [1.807, 2.05) is 0 Å². The van der Waals surface area contributed by atoms with Gasteiger partial charge in [0.15, 0.2) is 0 Å². The van der Waals surface area contributed by atoms with Crippen LogP contribution < -0.4 is 5.32 Å². The lowest BCUT2D eigenvalue weighted by Gasteiger charge is -2.20. The van der Waals surface area contributed by atoms with Gasteiger partial charge in [-0.25, -0.2) is 4.79 Å². The zero-order valence-electron chi connectivity index (χ0n) is 11.1. The summed E-state index contributed by atoms with van der Waals surface area (Å²) in [7, 11) is 0. The minimum absolute atomic E-state index is 0.135. The molecule has 0 radical (unpaired) electrons. The van der Waals surface area contributed by atoms with Crippen LogP contribution in [0.15, 0.2) is 0 Å². The molecule has 1 fully saturated rings. The van der Waals surface area contributed by atoms with Gasteiger partial charge in [0.1, 0.15) is 0 Å². The quantitative estimate of drug-likeness (QED) is 0.722. The molecular weight excluding hydrogens is 252 g/mol. The summed E-state index contributed by atoms with van der Waals surface area (Å²) in [6.07, 6.45) is 4.66. The van der Waals surface area contributed by atoms with E-state index >= 15 is 0 Å². The van der Waals surface area contributed by atoms with E-state index < -0.39 is 11.4 Å². The van der Waals surface area contributed by atoms with E-state index in [2.05, 4.69) is 11.6 Å². The highest BCUT2D eigenvalue weighted by atomic mass is 32.2. The molecular formula is C12H22N2O3S. The summed E-state index contributed by atoms with van der Waals surface area (Å²) in [4.78, 5) is 24.5. The Hall–Kier alpha value is -0.910. The van der Waals surface area contributed by atoms with Crippen molar-refractivity contribution in [3.63, 3.8) is 0 Å². The summed E-state index contributed by atoms with van der Waals surface area (Å²) < 4.78 is 0. The van der Waals surface area contributed by atoms with Crippen LogP contribution in [-0.4, -0.2) is 53.6 Å². The molecule has 1 saturated heterocycles. The SMILES string of the molecule is CSCCCCNC(=O)N1CCC(C)(C(=O)O)C1. The van der Waals surface area contributed by atoms with Gasteiger partial charge in [0.2, 0.25) is 0 Å². The largest absolute Gasteiger partial charge is 0.481 e. The van der Waals surface area contributed by atoms with E-state index in [-0.39, 0.29) is 6.03 Å². The number of nitrogens with one attached hydrogen (secondary N) is 1. The van der Waals surface area contributed by atoms with Gasteiger partial charge in [0, 0.05) is 19.6 Å². The Kier molecular flexibility index (Phi) is 5.78. The first-order valence-electron chi connectivity index (χ1n) is 6.25. The standard InChI is InChI=1S/C12H22N2O3S/c1-12(10(15)16)5-7-14(9-12)11(17)13-6-3-4-8-18-2/h3-9H2,1-2H3,(H,13,17)(H,15,16). The zero-order valence-corrected chi connectivity index (χ0v) is 11.9. The number of likely N-dealkylation sites (tertiary alicyclic amines) is 1. The first-order chi connectivity index (χ1) is 8.49. The number of carboxylic acids is 1. The summed E-state index contributed by atoms with van der Waals surface area (Å²) in [5.41, 5.74) is -0.782. The maximum absolute atomic E-state index is 11.8. The molecule has 2 amide bonds. The van der Waals surface area contributed by atoms with Crippen LogP contribution in [0.2, 0.25) is 0 Å². The van der Waals surface area contributed by atoms with Gasteiger partial charge in [0.25, 0.3) is 0 Å². The van der Waals surface area contributed by atoms with E-state index in [4.69, 9.17) is 5.11 Å². The molecule has 0 aromatic carbocycles. The number of thioether (sulfide) groups is 1. The van der Waals surface area contributed by atoms with E-state index in [0.717, 1.165) is 18.6 Å². The Bertz CT molecular complexity index is 312. The lowest BCUT2D eigenvalue weighted by Crippen LogP contribution is -2.41. The second kappa shape index (κ2) is 6.87. The first kappa shape index (κ1) is 15.1. The predicted molar refractivity (Wildman–Crippen MR) is 72.9 cm³/mol. The molecule has 1 aliphatic rings.